The lowest BCUT2D eigenvalue weighted by Gasteiger charge is -1.72. The van der Waals surface area contributed by atoms with E-state index in [1.807, 2.05) is 0 Å². The molecule has 0 aliphatic carbocycles. The summed E-state index contributed by atoms with van der Waals surface area (Å²) >= 11 is 5.20. The Morgan fingerprint density at radius 3 is 2.71 bits per heavy atom. The van der Waals surface area contributed by atoms with Gasteiger partial charge in [0.05, 0.1) is 0 Å². The highest BCUT2D eigenvalue weighted by Crippen LogP contribution is 1.98. The summed E-state index contributed by atoms with van der Waals surface area (Å²) in [7, 11) is 0. The molecule has 2 nitrogen and oxygen atoms in total. The Morgan fingerprint density at radius 2 is 2.57 bits per heavy atom. The third kappa shape index (κ3) is 3.23. The van der Waals surface area contributed by atoms with Gasteiger partial charge in [-0.05, 0) is 13.0 Å². The van der Waals surface area contributed by atoms with Gasteiger partial charge in [-0.25, -0.2) is 4.79 Å². The maximum absolute atomic E-state index is 9.36. The van der Waals surface area contributed by atoms with E-state index in [9.17, 15) is 4.79 Å². The second-order valence-corrected chi connectivity index (χ2v) is 1.20. The van der Waals surface area contributed by atoms with Crippen molar-refractivity contribution in [3.63, 3.8) is 0 Å². The summed E-state index contributed by atoms with van der Waals surface area (Å²) in [5, 5.41) is 0.176. The molecule has 0 saturated heterocycles. The van der Waals surface area contributed by atoms with Gasteiger partial charge in [0.2, 0.25) is 6.08 Å². The molecule has 0 aliphatic rings. The number of halogens is 1. The Bertz CT molecular complexity index is 124. The Morgan fingerprint density at radius 1 is 2.00 bits per heavy atom. The number of carbonyl (C=O) groups excluding carboxylic acids is 1. The molecule has 0 rings (SSSR count). The van der Waals surface area contributed by atoms with Gasteiger partial charge in [-0.2, -0.15) is 4.99 Å². The molecule has 3 heteroatoms. The lowest BCUT2D eigenvalue weighted by atomic mass is 10.7. The molecule has 0 bridgehead atoms. The average Bonchev–Trinajstić information content (AvgIpc) is 1.68. The van der Waals surface area contributed by atoms with Crippen LogP contribution in [0.5, 0.6) is 0 Å². The Kier molecular flexibility index (Phi) is 3.29. The number of aliphatic imine (C=N–C) groups is 1. The highest BCUT2D eigenvalue weighted by atomic mass is 35.5. The van der Waals surface area contributed by atoms with Crippen molar-refractivity contribution in [3.05, 3.63) is 11.2 Å². The third-order valence-corrected chi connectivity index (χ3v) is 0.693. The zero-order valence-corrected chi connectivity index (χ0v) is 4.57. The first kappa shape index (κ1) is 6.41. The SMILES string of the molecule is C/C=C(\Cl)N=C=O. The average molecular weight is 118 g/mol. The van der Waals surface area contributed by atoms with E-state index in [0.29, 0.717) is 0 Å². The van der Waals surface area contributed by atoms with Gasteiger partial charge < -0.3 is 0 Å². The quantitative estimate of drug-likeness (QED) is 0.290. The van der Waals surface area contributed by atoms with Crippen molar-refractivity contribution in [2.75, 3.05) is 0 Å². The van der Waals surface area contributed by atoms with Gasteiger partial charge >= 0.3 is 0 Å². The molecular formula is C4H4ClNO. The number of hydrogen-bond acceptors (Lipinski definition) is 2. The predicted molar refractivity (Wildman–Crippen MR) is 27.7 cm³/mol. The summed E-state index contributed by atoms with van der Waals surface area (Å²) in [6, 6.07) is 0. The van der Waals surface area contributed by atoms with Crippen LogP contribution in [-0.4, -0.2) is 6.08 Å². The molecule has 0 atom stereocenters. The molecule has 0 aromatic carbocycles. The lowest BCUT2D eigenvalue weighted by Crippen LogP contribution is -1.56. The highest BCUT2D eigenvalue weighted by Gasteiger charge is 1.76. The van der Waals surface area contributed by atoms with Crippen LogP contribution in [0.15, 0.2) is 16.2 Å². The van der Waals surface area contributed by atoms with Gasteiger partial charge in [0, 0.05) is 0 Å². The number of rotatable bonds is 1. The normalized spacial score (nSPS) is 10.3. The fourth-order valence-electron chi connectivity index (χ4n) is 0.108. The smallest absolute Gasteiger partial charge is 0.211 e. The molecule has 38 valence electrons. The van der Waals surface area contributed by atoms with Crippen molar-refractivity contribution in [3.8, 4) is 0 Å². The topological polar surface area (TPSA) is 29.4 Å². The minimum atomic E-state index is 0.176. The van der Waals surface area contributed by atoms with E-state index in [-0.39, 0.29) is 5.16 Å². The van der Waals surface area contributed by atoms with E-state index >= 15 is 0 Å². The molecular weight excluding hydrogens is 114 g/mol. The van der Waals surface area contributed by atoms with Crippen LogP contribution < -0.4 is 0 Å². The van der Waals surface area contributed by atoms with Gasteiger partial charge in [-0.1, -0.05) is 11.6 Å². The van der Waals surface area contributed by atoms with Crippen LogP contribution in [0.1, 0.15) is 6.92 Å². The van der Waals surface area contributed by atoms with Gasteiger partial charge in [0.25, 0.3) is 0 Å². The van der Waals surface area contributed by atoms with Crippen LogP contribution in [0.25, 0.3) is 0 Å². The van der Waals surface area contributed by atoms with Crippen LogP contribution in [0.2, 0.25) is 0 Å². The molecule has 7 heavy (non-hydrogen) atoms. The lowest BCUT2D eigenvalue weighted by molar-refractivity contribution is 0.565. The summed E-state index contributed by atoms with van der Waals surface area (Å²) < 4.78 is 0. The summed E-state index contributed by atoms with van der Waals surface area (Å²) in [5.41, 5.74) is 0. The van der Waals surface area contributed by atoms with Crippen molar-refractivity contribution >= 4 is 17.7 Å². The zero-order valence-electron chi connectivity index (χ0n) is 3.81. The summed E-state index contributed by atoms with van der Waals surface area (Å²) in [4.78, 5) is 12.4. The van der Waals surface area contributed by atoms with E-state index in [1.54, 1.807) is 6.92 Å². The second kappa shape index (κ2) is 3.59. The van der Waals surface area contributed by atoms with Crippen LogP contribution in [0, 0.1) is 0 Å². The minimum Gasteiger partial charge on any atom is -0.211 e. The Balaban J connectivity index is 3.82. The third-order valence-electron chi connectivity index (χ3n) is 0.391. The van der Waals surface area contributed by atoms with E-state index in [4.69, 9.17) is 11.6 Å². The molecule has 0 amide bonds. The largest absolute Gasteiger partial charge is 0.241 e. The van der Waals surface area contributed by atoms with Crippen molar-refractivity contribution in [2.45, 2.75) is 6.92 Å². The fourth-order valence-corrected chi connectivity index (χ4v) is 0.143. The Labute approximate surface area is 46.5 Å². The van der Waals surface area contributed by atoms with E-state index in [1.165, 1.54) is 12.2 Å². The molecule has 0 saturated carbocycles. The summed E-state index contributed by atoms with van der Waals surface area (Å²) in [5.74, 6) is 0. The van der Waals surface area contributed by atoms with E-state index < -0.39 is 0 Å². The van der Waals surface area contributed by atoms with Crippen molar-refractivity contribution in [2.24, 2.45) is 4.99 Å². The van der Waals surface area contributed by atoms with Crippen molar-refractivity contribution in [1.29, 1.82) is 0 Å². The standard InChI is InChI=1S/C4H4ClNO/c1-2-4(5)6-3-7/h2H,1H3/b4-2+. The van der Waals surface area contributed by atoms with Crippen LogP contribution in [-0.2, 0) is 4.79 Å². The molecule has 0 heterocycles. The van der Waals surface area contributed by atoms with Crippen LogP contribution in [0.4, 0.5) is 0 Å². The van der Waals surface area contributed by atoms with Gasteiger partial charge in [-0.15, -0.1) is 0 Å². The molecule has 0 aliphatic heterocycles. The highest BCUT2D eigenvalue weighted by molar-refractivity contribution is 6.29. The minimum absolute atomic E-state index is 0.176. The first-order valence-electron chi connectivity index (χ1n) is 1.71. The number of allylic oxidation sites excluding steroid dienone is 1. The summed E-state index contributed by atoms with van der Waals surface area (Å²) in [6.07, 6.45) is 2.80. The molecule has 0 spiro atoms. The zero-order chi connectivity index (χ0) is 5.70. The van der Waals surface area contributed by atoms with Crippen LogP contribution in [0.3, 0.4) is 0 Å². The van der Waals surface area contributed by atoms with Gasteiger partial charge in [-0.3, -0.25) is 0 Å². The molecule has 0 unspecified atom stereocenters. The van der Waals surface area contributed by atoms with E-state index in [2.05, 4.69) is 4.99 Å². The first-order chi connectivity index (χ1) is 3.31. The van der Waals surface area contributed by atoms with Gasteiger partial charge in [0.15, 0.2) is 0 Å². The van der Waals surface area contributed by atoms with E-state index in [0.717, 1.165) is 0 Å². The monoisotopic (exact) mass is 117 g/mol. The second-order valence-electron chi connectivity index (χ2n) is 0.814. The predicted octanol–water partition coefficient (Wildman–Crippen LogP) is 1.42. The number of hydrogen-bond donors (Lipinski definition) is 0. The maximum Gasteiger partial charge on any atom is 0.241 e. The molecule has 0 aromatic rings. The molecule has 0 radical (unpaired) electrons. The number of nitrogens with zero attached hydrogens (tertiary/aromatic N) is 1. The van der Waals surface area contributed by atoms with Crippen LogP contribution >= 0.6 is 11.6 Å². The molecule has 0 aromatic heterocycles. The summed E-state index contributed by atoms with van der Waals surface area (Å²) in [6.45, 7) is 1.68. The van der Waals surface area contributed by atoms with Gasteiger partial charge in [0.1, 0.15) is 5.16 Å². The maximum atomic E-state index is 9.36. The molecule has 0 N–H and O–H groups in total. The fraction of sp³-hybridized carbons (Fsp3) is 0.250. The first-order valence-corrected chi connectivity index (χ1v) is 2.08. The Hall–Kier alpha value is -0.590. The van der Waals surface area contributed by atoms with Crippen molar-refractivity contribution < 1.29 is 4.79 Å². The van der Waals surface area contributed by atoms with Crippen molar-refractivity contribution in [1.82, 2.24) is 0 Å². The molecule has 0 fully saturated rings. The number of isocyanates is 1.